The lowest BCUT2D eigenvalue weighted by atomic mass is 9.95. The minimum atomic E-state index is -0.631. The second kappa shape index (κ2) is 10.9. The van der Waals surface area contributed by atoms with Gasteiger partial charge in [0.05, 0.1) is 32.0 Å². The normalized spacial score (nSPS) is 18.1. The number of ether oxygens (including phenoxy) is 3. The molecule has 0 saturated carbocycles. The lowest BCUT2D eigenvalue weighted by molar-refractivity contribution is -0.129. The number of fused-ring (bicyclic) bond motifs is 4. The Hall–Kier alpha value is -3.69. The molecule has 7 nitrogen and oxygen atoms in total. The number of carbonyl (C=O) groups excluding carboxylic acids is 1. The van der Waals surface area contributed by atoms with Crippen LogP contribution in [0.15, 0.2) is 73.1 Å². The van der Waals surface area contributed by atoms with Crippen molar-refractivity contribution in [3.8, 4) is 16.9 Å². The number of rotatable bonds is 5. The lowest BCUT2D eigenvalue weighted by Gasteiger charge is -2.39. The molecule has 0 aliphatic carbocycles. The topological polar surface area (TPSA) is 63.3 Å². The second-order valence-corrected chi connectivity index (χ2v) is 12.6. The first-order valence-corrected chi connectivity index (χ1v) is 15.4. The van der Waals surface area contributed by atoms with Crippen LogP contribution >= 0.6 is 11.3 Å². The standard InChI is InChI=1S/C34H35N3O4S/c1-22-20-30(36-12-16-39-17-13-36)41-31-24(22)6-4-7-25(31)26-8-5-9-27-28-21-23(10-11-29(28)42-32(26)27)35-33(38)34(2,3)37-14-18-40-19-15-37/h4-11,20-21H,1,12-19H2,2-3H3,(H,35,38). The third-order valence-corrected chi connectivity index (χ3v) is 9.81. The molecule has 4 aromatic rings. The van der Waals surface area contributed by atoms with E-state index in [0.29, 0.717) is 26.4 Å². The van der Waals surface area contributed by atoms with Crippen LogP contribution in [0.3, 0.4) is 0 Å². The highest BCUT2D eigenvalue weighted by atomic mass is 32.1. The van der Waals surface area contributed by atoms with Crippen molar-refractivity contribution in [1.29, 1.82) is 0 Å². The molecule has 0 bridgehead atoms. The maximum atomic E-state index is 13.4. The number of nitrogens with zero attached hydrogens (tertiary/aromatic N) is 2. The molecule has 2 fully saturated rings. The van der Waals surface area contributed by atoms with E-state index in [2.05, 4.69) is 70.2 Å². The monoisotopic (exact) mass is 581 g/mol. The molecule has 1 amide bonds. The van der Waals surface area contributed by atoms with Gasteiger partial charge in [-0.2, -0.15) is 0 Å². The van der Waals surface area contributed by atoms with Crippen molar-refractivity contribution in [3.05, 3.63) is 78.7 Å². The van der Waals surface area contributed by atoms with E-state index < -0.39 is 5.54 Å². The van der Waals surface area contributed by atoms with Crippen LogP contribution in [0.5, 0.6) is 5.75 Å². The Morgan fingerprint density at radius 1 is 0.881 bits per heavy atom. The van der Waals surface area contributed by atoms with Gasteiger partial charge in [-0.05, 0) is 37.6 Å². The predicted octanol–water partition coefficient (Wildman–Crippen LogP) is 6.35. The van der Waals surface area contributed by atoms with E-state index in [-0.39, 0.29) is 5.91 Å². The van der Waals surface area contributed by atoms with E-state index in [1.54, 1.807) is 11.3 Å². The fourth-order valence-corrected chi connectivity index (χ4v) is 7.26. The van der Waals surface area contributed by atoms with Gasteiger partial charge >= 0.3 is 0 Å². The zero-order chi connectivity index (χ0) is 28.8. The summed E-state index contributed by atoms with van der Waals surface area (Å²) in [6.07, 6.45) is 2.04. The fourth-order valence-electron chi connectivity index (χ4n) is 6.05. The average Bonchev–Trinajstić information content (AvgIpc) is 3.40. The number of morpholine rings is 2. The highest BCUT2D eigenvalue weighted by Gasteiger charge is 2.35. The van der Waals surface area contributed by atoms with Crippen LogP contribution in [-0.2, 0) is 14.3 Å². The predicted molar refractivity (Wildman–Crippen MR) is 170 cm³/mol. The Kier molecular flexibility index (Phi) is 7.02. The van der Waals surface area contributed by atoms with Gasteiger partial charge in [0.25, 0.3) is 0 Å². The Balaban J connectivity index is 1.23. The summed E-state index contributed by atoms with van der Waals surface area (Å²) in [6.45, 7) is 14.1. The summed E-state index contributed by atoms with van der Waals surface area (Å²) in [7, 11) is 0. The Morgan fingerprint density at radius 3 is 2.36 bits per heavy atom. The smallest absolute Gasteiger partial charge is 0.244 e. The van der Waals surface area contributed by atoms with E-state index in [0.717, 1.165) is 76.5 Å². The summed E-state index contributed by atoms with van der Waals surface area (Å²) in [5.74, 6) is 1.66. The molecule has 0 radical (unpaired) electrons. The van der Waals surface area contributed by atoms with E-state index in [1.165, 1.54) is 9.40 Å². The molecule has 1 aromatic heterocycles. The van der Waals surface area contributed by atoms with Crippen molar-refractivity contribution in [1.82, 2.24) is 9.80 Å². The molecule has 0 spiro atoms. The molecule has 2 saturated heterocycles. The number of thiophene rings is 1. The molecular formula is C34H35N3O4S. The summed E-state index contributed by atoms with van der Waals surface area (Å²) < 4.78 is 20.0. The van der Waals surface area contributed by atoms with Crippen molar-refractivity contribution in [2.45, 2.75) is 19.4 Å². The summed E-state index contributed by atoms with van der Waals surface area (Å²) in [5.41, 5.74) is 4.30. The SMILES string of the molecule is C=C1C=C(N2CCOCC2)Oc2c1cccc2-c1cccc2c1sc1ccc(NC(=O)C(C)(C)N3CCOCC3)cc12. The molecule has 7 rings (SSSR count). The van der Waals surface area contributed by atoms with Crippen LogP contribution in [0.4, 0.5) is 5.69 Å². The number of anilines is 1. The number of benzene rings is 3. The molecular weight excluding hydrogens is 546 g/mol. The van der Waals surface area contributed by atoms with Crippen LogP contribution < -0.4 is 10.1 Å². The average molecular weight is 582 g/mol. The van der Waals surface area contributed by atoms with E-state index in [4.69, 9.17) is 14.2 Å². The van der Waals surface area contributed by atoms with Crippen LogP contribution in [0.1, 0.15) is 19.4 Å². The second-order valence-electron chi connectivity index (χ2n) is 11.5. The Labute approximate surface area is 250 Å². The number of para-hydroxylation sites is 1. The zero-order valence-electron chi connectivity index (χ0n) is 24.1. The van der Waals surface area contributed by atoms with E-state index in [9.17, 15) is 4.79 Å². The van der Waals surface area contributed by atoms with Crippen molar-refractivity contribution < 1.29 is 19.0 Å². The van der Waals surface area contributed by atoms with E-state index >= 15 is 0 Å². The van der Waals surface area contributed by atoms with Gasteiger partial charge in [-0.15, -0.1) is 11.3 Å². The number of carbonyl (C=O) groups is 1. The summed E-state index contributed by atoms with van der Waals surface area (Å²) in [4.78, 5) is 17.8. The molecule has 3 aliphatic rings. The number of allylic oxidation sites excluding steroid dienone is 2. The minimum Gasteiger partial charge on any atom is -0.440 e. The first-order valence-electron chi connectivity index (χ1n) is 14.5. The third-order valence-electron chi connectivity index (χ3n) is 8.59. The van der Waals surface area contributed by atoms with Gasteiger partial charge in [-0.1, -0.05) is 43.0 Å². The number of amides is 1. The maximum absolute atomic E-state index is 13.4. The number of hydrogen-bond acceptors (Lipinski definition) is 7. The summed E-state index contributed by atoms with van der Waals surface area (Å²) in [5, 5.41) is 5.48. The third kappa shape index (κ3) is 4.78. The molecule has 0 unspecified atom stereocenters. The Morgan fingerprint density at radius 2 is 1.57 bits per heavy atom. The lowest BCUT2D eigenvalue weighted by Crippen LogP contribution is -2.56. The zero-order valence-corrected chi connectivity index (χ0v) is 24.9. The van der Waals surface area contributed by atoms with Gasteiger partial charge in [-0.25, -0.2) is 0 Å². The molecule has 3 aliphatic heterocycles. The van der Waals surface area contributed by atoms with Crippen LogP contribution in [0.25, 0.3) is 36.9 Å². The van der Waals surface area contributed by atoms with Crippen LogP contribution in [0, 0.1) is 0 Å². The first kappa shape index (κ1) is 27.2. The number of nitrogens with one attached hydrogen (secondary N) is 1. The maximum Gasteiger partial charge on any atom is 0.244 e. The molecule has 0 atom stereocenters. The fraction of sp³-hybridized carbons (Fsp3) is 0.324. The minimum absolute atomic E-state index is 0.0126. The van der Waals surface area contributed by atoms with Crippen molar-refractivity contribution in [2.75, 3.05) is 57.9 Å². The van der Waals surface area contributed by atoms with Gasteiger partial charge in [0.1, 0.15) is 5.75 Å². The van der Waals surface area contributed by atoms with Crippen LogP contribution in [-0.4, -0.2) is 73.9 Å². The largest absolute Gasteiger partial charge is 0.440 e. The van der Waals surface area contributed by atoms with Gasteiger partial charge in [0.15, 0.2) is 5.88 Å². The highest BCUT2D eigenvalue weighted by molar-refractivity contribution is 7.26. The molecule has 4 heterocycles. The highest BCUT2D eigenvalue weighted by Crippen LogP contribution is 2.46. The Bertz CT molecular complexity index is 1730. The van der Waals surface area contributed by atoms with Gasteiger partial charge in [0.2, 0.25) is 5.91 Å². The summed E-state index contributed by atoms with van der Waals surface area (Å²) >= 11 is 1.76. The van der Waals surface area contributed by atoms with Crippen molar-refractivity contribution in [2.24, 2.45) is 0 Å². The van der Waals surface area contributed by atoms with Gasteiger partial charge in [0, 0.05) is 74.8 Å². The number of hydrogen-bond donors (Lipinski definition) is 1. The van der Waals surface area contributed by atoms with E-state index in [1.807, 2.05) is 26.0 Å². The molecule has 3 aromatic carbocycles. The molecule has 216 valence electrons. The van der Waals surface area contributed by atoms with Crippen LogP contribution in [0.2, 0.25) is 0 Å². The first-order chi connectivity index (χ1) is 20.4. The molecule has 42 heavy (non-hydrogen) atoms. The summed E-state index contributed by atoms with van der Waals surface area (Å²) in [6, 6.07) is 18.9. The van der Waals surface area contributed by atoms with Crippen molar-refractivity contribution in [3.63, 3.8) is 0 Å². The van der Waals surface area contributed by atoms with Crippen molar-refractivity contribution >= 4 is 48.7 Å². The van der Waals surface area contributed by atoms with Gasteiger partial charge in [-0.3, -0.25) is 9.69 Å². The quantitative estimate of drug-likeness (QED) is 0.296. The molecule has 8 heteroatoms. The van der Waals surface area contributed by atoms with Gasteiger partial charge < -0.3 is 24.4 Å². The molecule has 1 N–H and O–H groups in total.